The number of hydrogen-bond donors (Lipinski definition) is 3. The molecule has 7 nitrogen and oxygen atoms in total. The van der Waals surface area contributed by atoms with Gasteiger partial charge < -0.3 is 20.6 Å². The van der Waals surface area contributed by atoms with Crippen molar-refractivity contribution in [2.24, 2.45) is 10.8 Å². The second-order valence-corrected chi connectivity index (χ2v) is 8.70. The van der Waals surface area contributed by atoms with Gasteiger partial charge in [0.2, 0.25) is 11.8 Å². The number of hydrogen-bond acceptors (Lipinski definition) is 4. The highest BCUT2D eigenvalue weighted by Gasteiger charge is 2.73. The molecule has 3 N–H and O–H groups in total. The number of aliphatic hydroxyl groups is 1. The fourth-order valence-electron chi connectivity index (χ4n) is 4.59. The molecule has 0 aromatic heterocycles. The van der Waals surface area contributed by atoms with Crippen LogP contribution in [0.15, 0.2) is 24.3 Å². The molecule has 3 amide bonds. The topological polar surface area (TPSA) is 98.7 Å². The summed E-state index contributed by atoms with van der Waals surface area (Å²) in [4.78, 5) is 39.5. The highest BCUT2D eigenvalue weighted by atomic mass is 16.3. The standard InChI is InChI=1S/C20H25N3O4/c1-18(2,27)8-7-13-3-5-14(6-4-13)15(24)23-11-19-9-21-17(26)20(19,12-23)10-22-16(19)25/h3-6,27H,7-12H2,1-2H3,(H,21,26)(H,22,25)/t19-,20-/m1/s1. The van der Waals surface area contributed by atoms with Crippen molar-refractivity contribution in [2.45, 2.75) is 32.3 Å². The van der Waals surface area contributed by atoms with Crippen LogP contribution in [0.1, 0.15) is 36.2 Å². The molecule has 0 saturated carbocycles. The van der Waals surface area contributed by atoms with Crippen LogP contribution in [-0.4, -0.2) is 59.5 Å². The maximum atomic E-state index is 13.0. The van der Waals surface area contributed by atoms with E-state index in [0.717, 1.165) is 12.0 Å². The highest BCUT2D eigenvalue weighted by molar-refractivity contribution is 6.04. The molecule has 0 unspecified atom stereocenters. The number of aryl methyl sites for hydroxylation is 1. The van der Waals surface area contributed by atoms with E-state index < -0.39 is 16.4 Å². The van der Waals surface area contributed by atoms with Crippen molar-refractivity contribution in [3.63, 3.8) is 0 Å². The number of benzene rings is 1. The summed E-state index contributed by atoms with van der Waals surface area (Å²) < 4.78 is 0. The Kier molecular flexibility index (Phi) is 3.86. The SMILES string of the molecule is CC(C)(O)CCc1ccc(C(=O)N2C[C@@]34CNC(=O)[C@@]3(CNC4=O)C2)cc1. The van der Waals surface area contributed by atoms with Crippen molar-refractivity contribution >= 4 is 17.7 Å². The summed E-state index contributed by atoms with van der Waals surface area (Å²) in [5.41, 5.74) is -0.800. The first-order chi connectivity index (χ1) is 12.7. The lowest BCUT2D eigenvalue weighted by atomic mass is 9.70. The molecule has 0 spiro atoms. The molecule has 1 aromatic rings. The van der Waals surface area contributed by atoms with E-state index in [1.54, 1.807) is 30.9 Å². The van der Waals surface area contributed by atoms with E-state index in [1.165, 1.54) is 0 Å². The first-order valence-electron chi connectivity index (χ1n) is 9.34. The maximum Gasteiger partial charge on any atom is 0.253 e. The van der Waals surface area contributed by atoms with Crippen LogP contribution < -0.4 is 10.6 Å². The van der Waals surface area contributed by atoms with Gasteiger partial charge in [0.15, 0.2) is 0 Å². The first-order valence-corrected chi connectivity index (χ1v) is 9.34. The zero-order chi connectivity index (χ0) is 19.4. The van der Waals surface area contributed by atoms with E-state index in [2.05, 4.69) is 10.6 Å². The number of likely N-dealkylation sites (tertiary alicyclic amines) is 1. The average Bonchev–Trinajstić information content (AvgIpc) is 3.19. The zero-order valence-electron chi connectivity index (χ0n) is 15.7. The predicted molar refractivity (Wildman–Crippen MR) is 97.8 cm³/mol. The fourth-order valence-corrected chi connectivity index (χ4v) is 4.59. The summed E-state index contributed by atoms with van der Waals surface area (Å²) in [7, 11) is 0. The van der Waals surface area contributed by atoms with Gasteiger partial charge >= 0.3 is 0 Å². The molecule has 3 fully saturated rings. The molecule has 144 valence electrons. The monoisotopic (exact) mass is 371 g/mol. The minimum atomic E-state index is -0.841. The Morgan fingerprint density at radius 3 is 2.07 bits per heavy atom. The third-order valence-electron chi connectivity index (χ3n) is 6.32. The molecule has 0 bridgehead atoms. The van der Waals surface area contributed by atoms with E-state index in [9.17, 15) is 19.5 Å². The van der Waals surface area contributed by atoms with Gasteiger partial charge in [0, 0.05) is 31.7 Å². The van der Waals surface area contributed by atoms with Crippen molar-refractivity contribution in [3.05, 3.63) is 35.4 Å². The van der Waals surface area contributed by atoms with Crippen molar-refractivity contribution in [2.75, 3.05) is 26.2 Å². The molecule has 3 saturated heterocycles. The van der Waals surface area contributed by atoms with Gasteiger partial charge in [-0.2, -0.15) is 0 Å². The molecular formula is C20H25N3O4. The number of nitrogens with one attached hydrogen (secondary N) is 2. The summed E-state index contributed by atoms with van der Waals surface area (Å²) in [5.74, 6) is -0.434. The van der Waals surface area contributed by atoms with Gasteiger partial charge in [0.05, 0.1) is 5.60 Å². The van der Waals surface area contributed by atoms with E-state index >= 15 is 0 Å². The quantitative estimate of drug-likeness (QED) is 0.698. The molecular weight excluding hydrogens is 346 g/mol. The van der Waals surface area contributed by atoms with Crippen LogP contribution in [0.2, 0.25) is 0 Å². The average molecular weight is 371 g/mol. The first kappa shape index (κ1) is 18.0. The van der Waals surface area contributed by atoms with Crippen LogP contribution in [0.5, 0.6) is 0 Å². The lowest BCUT2D eigenvalue weighted by Crippen LogP contribution is -2.43. The molecule has 0 aliphatic carbocycles. The van der Waals surface area contributed by atoms with E-state index in [0.29, 0.717) is 12.0 Å². The Balaban J connectivity index is 1.50. The van der Waals surface area contributed by atoms with E-state index in [1.807, 2.05) is 12.1 Å². The number of rotatable bonds is 4. The van der Waals surface area contributed by atoms with E-state index in [-0.39, 0.29) is 43.9 Å². The minimum absolute atomic E-state index is 0.141. The fraction of sp³-hybridized carbons (Fsp3) is 0.550. The normalized spacial score (nSPS) is 29.4. The molecule has 7 heteroatoms. The summed E-state index contributed by atoms with van der Waals surface area (Å²) in [6.45, 7) is 4.65. The second kappa shape index (κ2) is 5.79. The minimum Gasteiger partial charge on any atom is -0.390 e. The van der Waals surface area contributed by atoms with Gasteiger partial charge in [0.1, 0.15) is 10.8 Å². The van der Waals surface area contributed by atoms with Crippen LogP contribution in [0, 0.1) is 10.8 Å². The molecule has 27 heavy (non-hydrogen) atoms. The Morgan fingerprint density at radius 2 is 1.59 bits per heavy atom. The van der Waals surface area contributed by atoms with Crippen LogP contribution in [0.3, 0.4) is 0 Å². The lowest BCUT2D eigenvalue weighted by molar-refractivity contribution is -0.132. The van der Waals surface area contributed by atoms with Crippen molar-refractivity contribution < 1.29 is 19.5 Å². The van der Waals surface area contributed by atoms with Crippen LogP contribution in [-0.2, 0) is 16.0 Å². The predicted octanol–water partition coefficient (Wildman–Crippen LogP) is 0.0783. The van der Waals surface area contributed by atoms with Crippen LogP contribution in [0.4, 0.5) is 0 Å². The zero-order valence-corrected chi connectivity index (χ0v) is 15.7. The third-order valence-corrected chi connectivity index (χ3v) is 6.32. The summed E-state index contributed by atoms with van der Waals surface area (Å²) in [5, 5.41) is 15.5. The highest BCUT2D eigenvalue weighted by Crippen LogP contribution is 2.53. The maximum absolute atomic E-state index is 13.0. The second-order valence-electron chi connectivity index (χ2n) is 8.70. The van der Waals surface area contributed by atoms with Gasteiger partial charge in [-0.25, -0.2) is 0 Å². The number of amides is 3. The summed E-state index contributed by atoms with van der Waals surface area (Å²) in [6.07, 6.45) is 1.37. The third kappa shape index (κ3) is 2.64. The van der Waals surface area contributed by atoms with Gasteiger partial charge in [0.25, 0.3) is 5.91 Å². The largest absolute Gasteiger partial charge is 0.390 e. The van der Waals surface area contributed by atoms with Crippen LogP contribution in [0.25, 0.3) is 0 Å². The Labute approximate surface area is 158 Å². The van der Waals surface area contributed by atoms with Crippen molar-refractivity contribution in [1.29, 1.82) is 0 Å². The Morgan fingerprint density at radius 1 is 1.07 bits per heavy atom. The number of carbonyl (C=O) groups is 3. The molecule has 3 aliphatic rings. The van der Waals surface area contributed by atoms with Gasteiger partial charge in [-0.1, -0.05) is 12.1 Å². The molecule has 1 aromatic carbocycles. The van der Waals surface area contributed by atoms with Crippen molar-refractivity contribution in [1.82, 2.24) is 15.5 Å². The number of carbonyl (C=O) groups excluding carboxylic acids is 3. The molecule has 3 heterocycles. The number of nitrogens with zero attached hydrogens (tertiary/aromatic N) is 1. The summed E-state index contributed by atoms with van der Waals surface area (Å²) in [6, 6.07) is 7.35. The molecule has 0 radical (unpaired) electrons. The van der Waals surface area contributed by atoms with Crippen molar-refractivity contribution in [3.8, 4) is 0 Å². The van der Waals surface area contributed by atoms with Gasteiger partial charge in [-0.15, -0.1) is 0 Å². The molecule has 3 aliphatic heterocycles. The van der Waals surface area contributed by atoms with Gasteiger partial charge in [-0.05, 0) is 44.4 Å². The smallest absolute Gasteiger partial charge is 0.253 e. The summed E-state index contributed by atoms with van der Waals surface area (Å²) >= 11 is 0. The molecule has 4 rings (SSSR count). The lowest BCUT2D eigenvalue weighted by Gasteiger charge is -2.23. The Bertz CT molecular complexity index is 782. The Hall–Kier alpha value is -2.41. The van der Waals surface area contributed by atoms with Crippen LogP contribution >= 0.6 is 0 Å². The molecule has 2 atom stereocenters. The van der Waals surface area contributed by atoms with E-state index in [4.69, 9.17) is 0 Å². The van der Waals surface area contributed by atoms with Gasteiger partial charge in [-0.3, -0.25) is 14.4 Å².